The molecule has 0 atom stereocenters. The van der Waals surface area contributed by atoms with Crippen LogP contribution in [-0.4, -0.2) is 52.9 Å². The van der Waals surface area contributed by atoms with Crippen LogP contribution in [0.3, 0.4) is 0 Å². The molecule has 0 amide bonds. The Bertz CT molecular complexity index is 1080. The zero-order valence-corrected chi connectivity index (χ0v) is 20.6. The van der Waals surface area contributed by atoms with E-state index in [9.17, 15) is 0 Å². The second kappa shape index (κ2) is 10.4. The van der Waals surface area contributed by atoms with Gasteiger partial charge in [-0.15, -0.1) is 0 Å². The Hall–Kier alpha value is -1.83. The second-order valence-electron chi connectivity index (χ2n) is 8.13. The number of hydrogen-bond donors (Lipinski definition) is 1. The maximum absolute atomic E-state index is 6.68. The number of nitrogens with one attached hydrogen (secondary N) is 1. The quantitative estimate of drug-likeness (QED) is 0.520. The molecule has 3 heterocycles. The summed E-state index contributed by atoms with van der Waals surface area (Å²) in [5.74, 6) is 1.06. The van der Waals surface area contributed by atoms with E-state index in [2.05, 4.69) is 38.3 Å². The van der Waals surface area contributed by atoms with Gasteiger partial charge in [0.1, 0.15) is 11.0 Å². The van der Waals surface area contributed by atoms with E-state index in [0.29, 0.717) is 34.8 Å². The fourth-order valence-corrected chi connectivity index (χ4v) is 4.67. The third kappa shape index (κ3) is 5.38. The largest absolute Gasteiger partial charge is 0.354 e. The van der Waals surface area contributed by atoms with Crippen LogP contribution in [-0.2, 0) is 19.6 Å². The lowest BCUT2D eigenvalue weighted by Gasteiger charge is -2.34. The van der Waals surface area contributed by atoms with E-state index in [1.165, 1.54) is 5.56 Å². The van der Waals surface area contributed by atoms with Crippen LogP contribution in [0.25, 0.3) is 0 Å². The maximum atomic E-state index is 6.68. The van der Waals surface area contributed by atoms with Crippen molar-refractivity contribution in [1.82, 2.24) is 25.0 Å². The van der Waals surface area contributed by atoms with Gasteiger partial charge >= 0.3 is 0 Å². The molecular formula is C23H27Cl3N6. The number of benzene rings is 1. The zero-order valence-electron chi connectivity index (χ0n) is 18.3. The van der Waals surface area contributed by atoms with Crippen molar-refractivity contribution in [2.45, 2.75) is 26.6 Å². The first-order chi connectivity index (χ1) is 15.4. The summed E-state index contributed by atoms with van der Waals surface area (Å²) in [4.78, 5) is 9.36. The first kappa shape index (κ1) is 23.3. The number of anilines is 1. The van der Waals surface area contributed by atoms with Crippen molar-refractivity contribution in [1.29, 1.82) is 0 Å². The van der Waals surface area contributed by atoms with Crippen LogP contribution >= 0.6 is 34.8 Å². The third-order valence-electron chi connectivity index (χ3n) is 5.81. The number of aromatic nitrogens is 3. The molecule has 0 unspecified atom stereocenters. The van der Waals surface area contributed by atoms with Crippen LogP contribution in [0, 0.1) is 6.92 Å². The molecule has 32 heavy (non-hydrogen) atoms. The minimum atomic E-state index is 0.492. The molecule has 1 aromatic carbocycles. The number of likely N-dealkylation sites (N-methyl/N-ethyl adjacent to an activating group) is 1. The molecule has 0 spiro atoms. The van der Waals surface area contributed by atoms with Crippen molar-refractivity contribution < 1.29 is 0 Å². The first-order valence-electron chi connectivity index (χ1n) is 10.7. The molecule has 0 aliphatic carbocycles. The molecule has 3 aromatic rings. The molecule has 9 heteroatoms. The van der Waals surface area contributed by atoms with Gasteiger partial charge in [0.2, 0.25) is 0 Å². The highest BCUT2D eigenvalue weighted by atomic mass is 35.5. The van der Waals surface area contributed by atoms with Gasteiger partial charge in [0.25, 0.3) is 0 Å². The highest BCUT2D eigenvalue weighted by Crippen LogP contribution is 2.26. The summed E-state index contributed by atoms with van der Waals surface area (Å²) in [6.07, 6.45) is 1.87. The molecule has 0 radical (unpaired) electrons. The summed E-state index contributed by atoms with van der Waals surface area (Å²) in [5, 5.41) is 9.98. The van der Waals surface area contributed by atoms with Crippen molar-refractivity contribution in [3.63, 3.8) is 0 Å². The molecule has 1 fully saturated rings. The van der Waals surface area contributed by atoms with Gasteiger partial charge in [-0.3, -0.25) is 0 Å². The first-order valence-corrected chi connectivity index (χ1v) is 11.8. The van der Waals surface area contributed by atoms with Crippen molar-refractivity contribution in [2.75, 3.05) is 38.1 Å². The molecular weight excluding hydrogens is 467 g/mol. The number of pyridine rings is 1. The predicted molar refractivity (Wildman–Crippen MR) is 132 cm³/mol. The summed E-state index contributed by atoms with van der Waals surface area (Å²) in [5.41, 5.74) is 4.00. The smallest absolute Gasteiger partial charge is 0.133 e. The molecule has 6 nitrogen and oxygen atoms in total. The van der Waals surface area contributed by atoms with E-state index in [1.54, 1.807) is 10.7 Å². The predicted octanol–water partition coefficient (Wildman–Crippen LogP) is 4.64. The molecule has 1 aliphatic rings. The van der Waals surface area contributed by atoms with E-state index in [4.69, 9.17) is 34.8 Å². The lowest BCUT2D eigenvalue weighted by Crippen LogP contribution is -2.45. The van der Waals surface area contributed by atoms with Gasteiger partial charge in [0.15, 0.2) is 0 Å². The SMILES string of the molecule is Cc1nn(Cc2ccc(Cl)cc2Cl)c(Cl)c1CNCc1cccnc1N1CCN(C)CC1. The van der Waals surface area contributed by atoms with E-state index in [-0.39, 0.29) is 0 Å². The summed E-state index contributed by atoms with van der Waals surface area (Å²) >= 11 is 19.0. The van der Waals surface area contributed by atoms with E-state index >= 15 is 0 Å². The number of aryl methyl sites for hydroxylation is 1. The fraction of sp³-hybridized carbons (Fsp3) is 0.391. The lowest BCUT2D eigenvalue weighted by molar-refractivity contribution is 0.311. The summed E-state index contributed by atoms with van der Waals surface area (Å²) in [6, 6.07) is 9.58. The van der Waals surface area contributed by atoms with Gasteiger partial charge in [-0.2, -0.15) is 5.10 Å². The van der Waals surface area contributed by atoms with Gasteiger partial charge in [-0.05, 0) is 37.7 Å². The number of halogens is 3. The van der Waals surface area contributed by atoms with Crippen LogP contribution in [0.4, 0.5) is 5.82 Å². The molecule has 170 valence electrons. The lowest BCUT2D eigenvalue weighted by atomic mass is 10.2. The molecule has 0 saturated carbocycles. The van der Waals surface area contributed by atoms with E-state index in [1.807, 2.05) is 31.3 Å². The summed E-state index contributed by atoms with van der Waals surface area (Å²) < 4.78 is 1.78. The Balaban J connectivity index is 1.42. The van der Waals surface area contributed by atoms with Crippen LogP contribution in [0.2, 0.25) is 15.2 Å². The fourth-order valence-electron chi connectivity index (χ4n) is 3.90. The normalized spacial score (nSPS) is 14.8. The van der Waals surface area contributed by atoms with Gasteiger partial charge < -0.3 is 15.1 Å². The van der Waals surface area contributed by atoms with Crippen LogP contribution in [0.15, 0.2) is 36.5 Å². The van der Waals surface area contributed by atoms with Crippen molar-refractivity contribution in [3.05, 3.63) is 74.1 Å². The third-order valence-corrected chi connectivity index (χ3v) is 6.82. The van der Waals surface area contributed by atoms with Crippen LogP contribution in [0.5, 0.6) is 0 Å². The van der Waals surface area contributed by atoms with Crippen molar-refractivity contribution >= 4 is 40.6 Å². The zero-order chi connectivity index (χ0) is 22.7. The Kier molecular flexibility index (Phi) is 7.59. The highest BCUT2D eigenvalue weighted by molar-refractivity contribution is 6.35. The minimum absolute atomic E-state index is 0.492. The molecule has 1 saturated heterocycles. The number of rotatable bonds is 7. The number of piperazine rings is 1. The van der Waals surface area contributed by atoms with Gasteiger partial charge in [0, 0.05) is 66.6 Å². The van der Waals surface area contributed by atoms with E-state index < -0.39 is 0 Å². The Morgan fingerprint density at radius 2 is 1.78 bits per heavy atom. The Morgan fingerprint density at radius 3 is 2.53 bits per heavy atom. The topological polar surface area (TPSA) is 49.2 Å². The number of nitrogens with zero attached hydrogens (tertiary/aromatic N) is 5. The molecule has 0 bridgehead atoms. The summed E-state index contributed by atoms with van der Waals surface area (Å²) in [7, 11) is 2.16. The Labute approximate surface area is 204 Å². The Morgan fingerprint density at radius 1 is 1.00 bits per heavy atom. The van der Waals surface area contributed by atoms with Crippen LogP contribution < -0.4 is 10.2 Å². The molecule has 4 rings (SSSR count). The molecule has 1 aliphatic heterocycles. The van der Waals surface area contributed by atoms with Crippen molar-refractivity contribution in [2.24, 2.45) is 0 Å². The number of hydrogen-bond acceptors (Lipinski definition) is 5. The maximum Gasteiger partial charge on any atom is 0.133 e. The minimum Gasteiger partial charge on any atom is -0.354 e. The van der Waals surface area contributed by atoms with Gasteiger partial charge in [0.05, 0.1) is 12.2 Å². The average molecular weight is 494 g/mol. The molecule has 2 aromatic heterocycles. The average Bonchev–Trinajstić information content (AvgIpc) is 3.04. The second-order valence-corrected chi connectivity index (χ2v) is 9.33. The van der Waals surface area contributed by atoms with Gasteiger partial charge in [-0.1, -0.05) is 46.9 Å². The van der Waals surface area contributed by atoms with Crippen molar-refractivity contribution in [3.8, 4) is 0 Å². The van der Waals surface area contributed by atoms with E-state index in [0.717, 1.165) is 48.8 Å². The highest BCUT2D eigenvalue weighted by Gasteiger charge is 2.19. The van der Waals surface area contributed by atoms with Gasteiger partial charge in [-0.25, -0.2) is 9.67 Å². The molecule has 1 N–H and O–H groups in total. The summed E-state index contributed by atoms with van der Waals surface area (Å²) in [6.45, 7) is 7.88. The standard InChI is InChI=1S/C23H27Cl3N6/c1-16-20(22(26)32(29-16)15-18-5-6-19(24)12-21(18)25)14-27-13-17-4-3-7-28-23(17)31-10-8-30(2)9-11-31/h3-7,12,27H,8-11,13-15H2,1-2H3. The monoisotopic (exact) mass is 492 g/mol. The van der Waals surface area contributed by atoms with Crippen LogP contribution in [0.1, 0.15) is 22.4 Å².